The fraction of sp³-hybridized carbons (Fsp3) is 0.167. The molecule has 9 heteroatoms. The number of hydrogen-bond acceptors (Lipinski definition) is 4. The molecule has 3 aromatic carbocycles. The summed E-state index contributed by atoms with van der Waals surface area (Å²) in [5, 5.41) is 9.43. The highest BCUT2D eigenvalue weighted by Crippen LogP contribution is 2.31. The molecule has 4 rings (SSSR count). The van der Waals surface area contributed by atoms with Crippen LogP contribution in [-0.4, -0.2) is 35.2 Å². The Kier molecular flexibility index (Phi) is 5.55. The van der Waals surface area contributed by atoms with E-state index in [1.54, 1.807) is 13.0 Å². The van der Waals surface area contributed by atoms with Crippen molar-refractivity contribution in [3.8, 4) is 0 Å². The Morgan fingerprint density at radius 1 is 1.00 bits per heavy atom. The molecule has 1 saturated heterocycles. The van der Waals surface area contributed by atoms with E-state index in [-0.39, 0.29) is 11.4 Å². The van der Waals surface area contributed by atoms with E-state index in [9.17, 15) is 23.6 Å². The van der Waals surface area contributed by atoms with Crippen LogP contribution in [0.1, 0.15) is 19.4 Å². The van der Waals surface area contributed by atoms with E-state index in [0.717, 1.165) is 21.7 Å². The smallest absolute Gasteiger partial charge is 0.324 e. The molecule has 0 radical (unpaired) electrons. The maximum Gasteiger partial charge on any atom is 0.325 e. The topological polar surface area (TPSA) is 108 Å². The van der Waals surface area contributed by atoms with Gasteiger partial charge in [-0.25, -0.2) is 9.18 Å². The average molecular weight is 448 g/mol. The van der Waals surface area contributed by atoms with Gasteiger partial charge in [-0.15, -0.1) is 0 Å². The molecule has 0 bridgehead atoms. The van der Waals surface area contributed by atoms with Gasteiger partial charge in [0.2, 0.25) is 11.8 Å². The van der Waals surface area contributed by atoms with E-state index in [1.807, 2.05) is 36.4 Å². The highest BCUT2D eigenvalue weighted by atomic mass is 19.1. The maximum atomic E-state index is 13.8. The number of benzene rings is 3. The summed E-state index contributed by atoms with van der Waals surface area (Å²) in [7, 11) is 0. The lowest BCUT2D eigenvalue weighted by Gasteiger charge is -2.22. The Morgan fingerprint density at radius 3 is 2.45 bits per heavy atom. The van der Waals surface area contributed by atoms with Crippen LogP contribution in [0.4, 0.5) is 20.6 Å². The monoisotopic (exact) mass is 448 g/mol. The number of anilines is 2. The molecule has 0 aliphatic carbocycles. The van der Waals surface area contributed by atoms with Gasteiger partial charge >= 0.3 is 6.03 Å². The number of imide groups is 1. The Morgan fingerprint density at radius 2 is 1.73 bits per heavy atom. The number of amides is 5. The number of halogens is 1. The van der Waals surface area contributed by atoms with Crippen molar-refractivity contribution < 1.29 is 23.6 Å². The molecule has 0 saturated carbocycles. The van der Waals surface area contributed by atoms with Gasteiger partial charge in [0.05, 0.1) is 5.69 Å². The molecule has 1 aliphatic heterocycles. The number of fused-ring (bicyclic) bond motifs is 1. The van der Waals surface area contributed by atoms with Crippen LogP contribution in [0.3, 0.4) is 0 Å². The number of rotatable bonds is 5. The molecule has 1 unspecified atom stereocenters. The van der Waals surface area contributed by atoms with Gasteiger partial charge in [0.1, 0.15) is 17.9 Å². The second kappa shape index (κ2) is 8.34. The Hall–Kier alpha value is -4.27. The third kappa shape index (κ3) is 4.25. The molecular formula is C24H21FN4O4. The van der Waals surface area contributed by atoms with Crippen LogP contribution < -0.4 is 16.0 Å². The Balaban J connectivity index is 1.51. The van der Waals surface area contributed by atoms with Gasteiger partial charge in [-0.3, -0.25) is 19.3 Å². The zero-order valence-electron chi connectivity index (χ0n) is 17.9. The Bertz CT molecular complexity index is 1310. The van der Waals surface area contributed by atoms with Crippen LogP contribution in [0, 0.1) is 5.82 Å². The number of nitrogens with one attached hydrogen (secondary N) is 3. The van der Waals surface area contributed by atoms with E-state index in [1.165, 1.54) is 19.1 Å². The van der Waals surface area contributed by atoms with Crippen molar-refractivity contribution in [2.75, 3.05) is 17.2 Å². The average Bonchev–Trinajstić information content (AvgIpc) is 2.99. The highest BCUT2D eigenvalue weighted by Gasteiger charge is 2.49. The van der Waals surface area contributed by atoms with Crippen LogP contribution >= 0.6 is 0 Å². The number of carbonyl (C=O) groups excluding carboxylic acids is 4. The molecule has 3 N–H and O–H groups in total. The predicted molar refractivity (Wildman–Crippen MR) is 121 cm³/mol. The number of urea groups is 1. The number of hydrogen-bond donors (Lipinski definition) is 3. The van der Waals surface area contributed by atoms with Crippen molar-refractivity contribution >= 4 is 45.9 Å². The summed E-state index contributed by atoms with van der Waals surface area (Å²) in [6.45, 7) is 2.30. The minimum Gasteiger partial charge on any atom is -0.324 e. The van der Waals surface area contributed by atoms with Gasteiger partial charge in [-0.1, -0.05) is 36.4 Å². The van der Waals surface area contributed by atoms with Crippen molar-refractivity contribution in [3.63, 3.8) is 0 Å². The molecule has 168 valence electrons. The van der Waals surface area contributed by atoms with E-state index in [0.29, 0.717) is 5.56 Å². The molecule has 33 heavy (non-hydrogen) atoms. The lowest BCUT2D eigenvalue weighted by molar-refractivity contribution is -0.133. The largest absolute Gasteiger partial charge is 0.325 e. The molecular weight excluding hydrogens is 427 g/mol. The minimum atomic E-state index is -1.32. The normalized spacial score (nSPS) is 17.7. The molecule has 1 heterocycles. The summed E-state index contributed by atoms with van der Waals surface area (Å²) >= 11 is 0. The lowest BCUT2D eigenvalue weighted by atomic mass is 9.90. The number of carbonyl (C=O) groups is 4. The quantitative estimate of drug-likeness (QED) is 0.520. The van der Waals surface area contributed by atoms with Gasteiger partial charge in [-0.2, -0.15) is 0 Å². The minimum absolute atomic E-state index is 0.0980. The molecule has 5 amide bonds. The molecule has 8 nitrogen and oxygen atoms in total. The van der Waals surface area contributed by atoms with E-state index < -0.39 is 41.7 Å². The fourth-order valence-corrected chi connectivity index (χ4v) is 3.77. The van der Waals surface area contributed by atoms with Crippen LogP contribution in [0.25, 0.3) is 10.8 Å². The zero-order valence-corrected chi connectivity index (χ0v) is 17.9. The van der Waals surface area contributed by atoms with Crippen LogP contribution in [0.5, 0.6) is 0 Å². The van der Waals surface area contributed by atoms with Gasteiger partial charge in [0.15, 0.2) is 0 Å². The third-order valence-corrected chi connectivity index (χ3v) is 5.46. The van der Waals surface area contributed by atoms with Crippen molar-refractivity contribution in [2.24, 2.45) is 0 Å². The highest BCUT2D eigenvalue weighted by molar-refractivity contribution is 6.10. The second-order valence-electron chi connectivity index (χ2n) is 7.93. The van der Waals surface area contributed by atoms with E-state index >= 15 is 0 Å². The van der Waals surface area contributed by atoms with Crippen molar-refractivity contribution in [3.05, 3.63) is 72.0 Å². The van der Waals surface area contributed by atoms with Gasteiger partial charge < -0.3 is 16.0 Å². The zero-order chi connectivity index (χ0) is 23.8. The predicted octanol–water partition coefficient (Wildman–Crippen LogP) is 3.34. The first-order valence-electron chi connectivity index (χ1n) is 10.2. The summed E-state index contributed by atoms with van der Waals surface area (Å²) in [5.41, 5.74) is -0.620. The summed E-state index contributed by atoms with van der Waals surface area (Å²) in [5.74, 6) is -2.34. The number of nitrogens with zero attached hydrogens (tertiary/aromatic N) is 1. The molecule has 3 aromatic rings. The molecule has 0 aromatic heterocycles. The maximum absolute atomic E-state index is 13.8. The first-order valence-corrected chi connectivity index (χ1v) is 10.2. The SMILES string of the molecule is CC(=O)Nc1cc(NC(=O)CN2C(=O)NC(C)(c3ccc4ccccc4c3)C2=O)ccc1F. The standard InChI is InChI=1S/C24H21FN4O4/c1-14(30)26-20-12-18(9-10-19(20)25)27-21(31)13-29-22(32)24(2,28-23(29)33)17-8-7-15-5-3-4-6-16(15)11-17/h3-12H,13H2,1-2H3,(H,26,30)(H,27,31)(H,28,33). The lowest BCUT2D eigenvalue weighted by Crippen LogP contribution is -2.42. The van der Waals surface area contributed by atoms with Gasteiger partial charge in [0.25, 0.3) is 5.91 Å². The van der Waals surface area contributed by atoms with Gasteiger partial charge in [0, 0.05) is 12.6 Å². The van der Waals surface area contributed by atoms with E-state index in [4.69, 9.17) is 0 Å². The molecule has 1 aliphatic rings. The molecule has 1 atom stereocenters. The van der Waals surface area contributed by atoms with Crippen molar-refractivity contribution in [2.45, 2.75) is 19.4 Å². The van der Waals surface area contributed by atoms with Gasteiger partial charge in [-0.05, 0) is 47.5 Å². The Labute approximate surface area is 188 Å². The van der Waals surface area contributed by atoms with E-state index in [2.05, 4.69) is 16.0 Å². The van der Waals surface area contributed by atoms with Crippen molar-refractivity contribution in [1.82, 2.24) is 10.2 Å². The third-order valence-electron chi connectivity index (χ3n) is 5.46. The molecule has 0 spiro atoms. The summed E-state index contributed by atoms with van der Waals surface area (Å²) < 4.78 is 13.8. The van der Waals surface area contributed by atoms with Crippen LogP contribution in [0.15, 0.2) is 60.7 Å². The first kappa shape index (κ1) is 21.9. The van der Waals surface area contributed by atoms with Crippen LogP contribution in [0.2, 0.25) is 0 Å². The first-order chi connectivity index (χ1) is 15.7. The molecule has 1 fully saturated rings. The summed E-state index contributed by atoms with van der Waals surface area (Å²) in [6.07, 6.45) is 0. The van der Waals surface area contributed by atoms with Crippen molar-refractivity contribution in [1.29, 1.82) is 0 Å². The summed E-state index contributed by atoms with van der Waals surface area (Å²) in [6, 6.07) is 16.1. The fourth-order valence-electron chi connectivity index (χ4n) is 3.77. The van der Waals surface area contributed by atoms with Crippen LogP contribution in [-0.2, 0) is 19.9 Å². The summed E-state index contributed by atoms with van der Waals surface area (Å²) in [4.78, 5) is 50.3. The second-order valence-corrected chi connectivity index (χ2v) is 7.93.